The summed E-state index contributed by atoms with van der Waals surface area (Å²) in [7, 11) is 0. The molecule has 2 nitrogen and oxygen atoms in total. The molecule has 0 saturated heterocycles. The highest BCUT2D eigenvalue weighted by molar-refractivity contribution is 5.99. The summed E-state index contributed by atoms with van der Waals surface area (Å²) in [5, 5.41) is 0. The molecular weight excluding hydrogens is 212 g/mol. The van der Waals surface area contributed by atoms with Crippen LogP contribution in [0.1, 0.15) is 55.1 Å². The van der Waals surface area contributed by atoms with Crippen molar-refractivity contribution in [1.29, 1.82) is 0 Å². The minimum Gasteiger partial charge on any atom is -0.490 e. The van der Waals surface area contributed by atoms with Gasteiger partial charge in [0.1, 0.15) is 5.75 Å². The fourth-order valence-corrected chi connectivity index (χ4v) is 1.92. The highest BCUT2D eigenvalue weighted by Crippen LogP contribution is 2.27. The molecule has 0 aromatic heterocycles. The van der Waals surface area contributed by atoms with E-state index in [0.717, 1.165) is 28.9 Å². The van der Waals surface area contributed by atoms with E-state index in [1.807, 2.05) is 40.7 Å². The van der Waals surface area contributed by atoms with Gasteiger partial charge in [-0.3, -0.25) is 4.79 Å². The summed E-state index contributed by atoms with van der Waals surface area (Å²) in [6.45, 7) is 9.98. The van der Waals surface area contributed by atoms with Crippen molar-refractivity contribution < 1.29 is 9.53 Å². The van der Waals surface area contributed by atoms with E-state index in [1.165, 1.54) is 0 Å². The van der Waals surface area contributed by atoms with Gasteiger partial charge < -0.3 is 4.74 Å². The molecule has 1 rings (SSSR count). The first kappa shape index (κ1) is 13.8. The molecule has 0 radical (unpaired) electrons. The first-order valence-corrected chi connectivity index (χ1v) is 6.26. The molecule has 0 heterocycles. The van der Waals surface area contributed by atoms with Crippen LogP contribution in [0.2, 0.25) is 0 Å². The SMILES string of the molecule is CCCC(=O)c1cc(C)cc(C)c1OC(C)C. The third kappa shape index (κ3) is 3.58. The summed E-state index contributed by atoms with van der Waals surface area (Å²) in [6.07, 6.45) is 1.54. The molecular formula is C15H22O2. The molecule has 0 unspecified atom stereocenters. The van der Waals surface area contributed by atoms with Crippen LogP contribution in [0, 0.1) is 13.8 Å². The third-order valence-corrected chi connectivity index (χ3v) is 2.55. The zero-order valence-electron chi connectivity index (χ0n) is 11.5. The lowest BCUT2D eigenvalue weighted by Gasteiger charge is -2.17. The number of benzene rings is 1. The number of Topliss-reactive ketones (excluding diaryl/α,β-unsaturated/α-hetero) is 1. The van der Waals surface area contributed by atoms with E-state index in [9.17, 15) is 4.79 Å². The number of hydrogen-bond donors (Lipinski definition) is 0. The summed E-state index contributed by atoms with van der Waals surface area (Å²) in [5.41, 5.74) is 2.88. The summed E-state index contributed by atoms with van der Waals surface area (Å²) in [5.74, 6) is 0.930. The smallest absolute Gasteiger partial charge is 0.166 e. The van der Waals surface area contributed by atoms with Gasteiger partial charge in [-0.15, -0.1) is 0 Å². The Morgan fingerprint density at radius 2 is 1.94 bits per heavy atom. The highest BCUT2D eigenvalue weighted by atomic mass is 16.5. The van der Waals surface area contributed by atoms with Crippen LogP contribution in [0.3, 0.4) is 0 Å². The van der Waals surface area contributed by atoms with Gasteiger partial charge in [0.25, 0.3) is 0 Å². The zero-order valence-corrected chi connectivity index (χ0v) is 11.5. The zero-order chi connectivity index (χ0) is 13.0. The quantitative estimate of drug-likeness (QED) is 0.718. The van der Waals surface area contributed by atoms with Crippen molar-refractivity contribution in [2.45, 2.75) is 53.6 Å². The van der Waals surface area contributed by atoms with E-state index in [1.54, 1.807) is 0 Å². The van der Waals surface area contributed by atoms with Crippen LogP contribution in [-0.2, 0) is 0 Å². The Hall–Kier alpha value is -1.31. The van der Waals surface area contributed by atoms with Crippen molar-refractivity contribution in [3.63, 3.8) is 0 Å². The molecule has 0 amide bonds. The average molecular weight is 234 g/mol. The minimum atomic E-state index is 0.0876. The Labute approximate surface area is 104 Å². The van der Waals surface area contributed by atoms with Gasteiger partial charge >= 0.3 is 0 Å². The molecule has 17 heavy (non-hydrogen) atoms. The van der Waals surface area contributed by atoms with Crippen LogP contribution in [0.15, 0.2) is 12.1 Å². The summed E-state index contributed by atoms with van der Waals surface area (Å²) >= 11 is 0. The van der Waals surface area contributed by atoms with Crippen LogP contribution in [-0.4, -0.2) is 11.9 Å². The number of ketones is 1. The maximum atomic E-state index is 12.1. The molecule has 0 N–H and O–H groups in total. The normalized spacial score (nSPS) is 10.7. The fraction of sp³-hybridized carbons (Fsp3) is 0.533. The molecule has 0 atom stereocenters. The standard InChI is InChI=1S/C15H22O2/c1-6-7-14(16)13-9-11(4)8-12(5)15(13)17-10(2)3/h8-10H,6-7H2,1-5H3. The van der Waals surface area contributed by atoms with E-state index >= 15 is 0 Å². The van der Waals surface area contributed by atoms with E-state index in [4.69, 9.17) is 4.74 Å². The minimum absolute atomic E-state index is 0.0876. The van der Waals surface area contributed by atoms with Gasteiger partial charge in [0.05, 0.1) is 11.7 Å². The monoisotopic (exact) mass is 234 g/mol. The highest BCUT2D eigenvalue weighted by Gasteiger charge is 2.15. The number of carbonyl (C=O) groups excluding carboxylic acids is 1. The van der Waals surface area contributed by atoms with Gasteiger partial charge in [0.2, 0.25) is 0 Å². The van der Waals surface area contributed by atoms with Crippen molar-refractivity contribution in [2.24, 2.45) is 0 Å². The lowest BCUT2D eigenvalue weighted by Crippen LogP contribution is -2.11. The number of aryl methyl sites for hydroxylation is 2. The fourth-order valence-electron chi connectivity index (χ4n) is 1.92. The Balaban J connectivity index is 3.19. The van der Waals surface area contributed by atoms with Gasteiger partial charge in [-0.05, 0) is 51.3 Å². The summed E-state index contributed by atoms with van der Waals surface area (Å²) in [4.78, 5) is 12.1. The van der Waals surface area contributed by atoms with Crippen molar-refractivity contribution in [3.05, 3.63) is 28.8 Å². The summed E-state index contributed by atoms with van der Waals surface area (Å²) < 4.78 is 5.78. The molecule has 0 spiro atoms. The van der Waals surface area contributed by atoms with Gasteiger partial charge in [-0.1, -0.05) is 13.0 Å². The maximum Gasteiger partial charge on any atom is 0.166 e. The van der Waals surface area contributed by atoms with Crippen molar-refractivity contribution in [2.75, 3.05) is 0 Å². The number of carbonyl (C=O) groups is 1. The first-order valence-electron chi connectivity index (χ1n) is 6.26. The van der Waals surface area contributed by atoms with E-state index in [0.29, 0.717) is 6.42 Å². The van der Waals surface area contributed by atoms with Gasteiger partial charge in [0, 0.05) is 6.42 Å². The lowest BCUT2D eigenvalue weighted by atomic mass is 10.00. The van der Waals surface area contributed by atoms with E-state index in [-0.39, 0.29) is 11.9 Å². The van der Waals surface area contributed by atoms with Gasteiger partial charge in [0.15, 0.2) is 5.78 Å². The molecule has 0 fully saturated rings. The maximum absolute atomic E-state index is 12.1. The molecule has 94 valence electrons. The average Bonchev–Trinajstić information content (AvgIpc) is 2.21. The second-order valence-corrected chi connectivity index (χ2v) is 4.80. The molecule has 0 bridgehead atoms. The van der Waals surface area contributed by atoms with Crippen LogP contribution < -0.4 is 4.74 Å². The second kappa shape index (κ2) is 5.85. The topological polar surface area (TPSA) is 26.3 Å². The molecule has 0 aliphatic heterocycles. The Bertz CT molecular complexity index is 406. The number of ether oxygens (including phenoxy) is 1. The molecule has 2 heteroatoms. The van der Waals surface area contributed by atoms with Crippen LogP contribution in [0.4, 0.5) is 0 Å². The Morgan fingerprint density at radius 3 is 2.47 bits per heavy atom. The van der Waals surface area contributed by atoms with Gasteiger partial charge in [-0.25, -0.2) is 0 Å². The molecule has 0 aliphatic carbocycles. The predicted molar refractivity (Wildman–Crippen MR) is 70.9 cm³/mol. The molecule has 1 aromatic carbocycles. The van der Waals surface area contributed by atoms with E-state index < -0.39 is 0 Å². The largest absolute Gasteiger partial charge is 0.490 e. The van der Waals surface area contributed by atoms with E-state index in [2.05, 4.69) is 6.07 Å². The van der Waals surface area contributed by atoms with Crippen molar-refractivity contribution >= 4 is 5.78 Å². The lowest BCUT2D eigenvalue weighted by molar-refractivity contribution is 0.0975. The first-order chi connectivity index (χ1) is 7.95. The van der Waals surface area contributed by atoms with Crippen molar-refractivity contribution in [3.8, 4) is 5.75 Å². The predicted octanol–water partition coefficient (Wildman–Crippen LogP) is 4.07. The second-order valence-electron chi connectivity index (χ2n) is 4.80. The Kier molecular flexibility index (Phi) is 4.73. The molecule has 0 aliphatic rings. The number of rotatable bonds is 5. The number of hydrogen-bond acceptors (Lipinski definition) is 2. The van der Waals surface area contributed by atoms with Crippen molar-refractivity contribution in [1.82, 2.24) is 0 Å². The van der Waals surface area contributed by atoms with Gasteiger partial charge in [-0.2, -0.15) is 0 Å². The van der Waals surface area contributed by atoms with Crippen LogP contribution >= 0.6 is 0 Å². The molecule has 1 aromatic rings. The van der Waals surface area contributed by atoms with Crippen LogP contribution in [0.5, 0.6) is 5.75 Å². The summed E-state index contributed by atoms with van der Waals surface area (Å²) in [6, 6.07) is 3.99. The van der Waals surface area contributed by atoms with Crippen LogP contribution in [0.25, 0.3) is 0 Å². The Morgan fingerprint density at radius 1 is 1.29 bits per heavy atom. The third-order valence-electron chi connectivity index (χ3n) is 2.55. The molecule has 0 saturated carbocycles.